The largest absolute Gasteiger partial charge is 0.478 e. The summed E-state index contributed by atoms with van der Waals surface area (Å²) in [5.74, 6) is 0.166. The first kappa shape index (κ1) is 17.1. The maximum atomic E-state index is 12.4. The summed E-state index contributed by atoms with van der Waals surface area (Å²) < 4.78 is 7.34. The van der Waals surface area contributed by atoms with E-state index in [1.807, 2.05) is 25.2 Å². The van der Waals surface area contributed by atoms with Crippen molar-refractivity contribution in [2.45, 2.75) is 6.92 Å². The van der Waals surface area contributed by atoms with Crippen LogP contribution in [-0.4, -0.2) is 48.2 Å². The molecule has 1 aromatic carbocycles. The normalized spacial score (nSPS) is 14.5. The number of carbonyl (C=O) groups is 1. The number of pyridine rings is 1. The van der Waals surface area contributed by atoms with Crippen LogP contribution in [0, 0.1) is 6.92 Å². The molecule has 2 aromatic rings. The molecular weight excluding hydrogens is 318 g/mol. The van der Waals surface area contributed by atoms with Crippen LogP contribution in [-0.2, 0) is 11.8 Å². The van der Waals surface area contributed by atoms with Gasteiger partial charge in [-0.25, -0.2) is 0 Å². The molecular formula is C19H23N3O3. The van der Waals surface area contributed by atoms with Gasteiger partial charge in [0.2, 0.25) is 5.43 Å². The van der Waals surface area contributed by atoms with Crippen molar-refractivity contribution >= 4 is 11.6 Å². The van der Waals surface area contributed by atoms with E-state index < -0.39 is 0 Å². The lowest BCUT2D eigenvalue weighted by molar-refractivity contribution is -0.133. The van der Waals surface area contributed by atoms with Gasteiger partial charge in [-0.05, 0) is 19.1 Å². The first-order valence-corrected chi connectivity index (χ1v) is 8.43. The number of amides is 1. The Morgan fingerprint density at radius 1 is 1.08 bits per heavy atom. The molecule has 0 spiro atoms. The van der Waals surface area contributed by atoms with Crippen LogP contribution in [0.4, 0.5) is 5.69 Å². The first-order chi connectivity index (χ1) is 12.1. The Kier molecular flexibility index (Phi) is 5.07. The van der Waals surface area contributed by atoms with Crippen LogP contribution in [0.25, 0.3) is 0 Å². The Labute approximate surface area is 147 Å². The molecule has 1 aliphatic heterocycles. The molecule has 3 rings (SSSR count). The number of aryl methyl sites for hydroxylation is 1. The molecule has 0 aliphatic carbocycles. The standard InChI is InChI=1S/C19H23N3O3/c1-15-19(17(23)8-9-20(15)2)25-14-18(24)22-12-10-21(11-13-22)16-6-4-3-5-7-16/h3-9H,10-14H2,1-2H3. The van der Waals surface area contributed by atoms with E-state index in [2.05, 4.69) is 17.0 Å². The molecule has 6 heteroatoms. The Balaban J connectivity index is 1.55. The zero-order valence-corrected chi connectivity index (χ0v) is 14.6. The van der Waals surface area contributed by atoms with Crippen LogP contribution in [0.15, 0.2) is 47.4 Å². The maximum Gasteiger partial charge on any atom is 0.260 e. The topological polar surface area (TPSA) is 54.8 Å². The minimum atomic E-state index is -0.197. The fourth-order valence-electron chi connectivity index (χ4n) is 2.96. The van der Waals surface area contributed by atoms with E-state index in [0.29, 0.717) is 18.8 Å². The molecule has 0 N–H and O–H groups in total. The number of para-hydroxylation sites is 1. The number of piperazine rings is 1. The predicted octanol–water partition coefficient (Wildman–Crippen LogP) is 1.42. The third-order valence-electron chi connectivity index (χ3n) is 4.62. The molecule has 2 heterocycles. The molecule has 1 aliphatic rings. The van der Waals surface area contributed by atoms with Gasteiger partial charge in [-0.1, -0.05) is 18.2 Å². The van der Waals surface area contributed by atoms with Crippen LogP contribution in [0.1, 0.15) is 5.69 Å². The van der Waals surface area contributed by atoms with Crippen LogP contribution in [0.3, 0.4) is 0 Å². The van der Waals surface area contributed by atoms with E-state index in [0.717, 1.165) is 13.1 Å². The lowest BCUT2D eigenvalue weighted by atomic mass is 10.2. The molecule has 1 fully saturated rings. The molecule has 6 nitrogen and oxygen atoms in total. The number of anilines is 1. The number of aromatic nitrogens is 1. The molecule has 0 unspecified atom stereocenters. The average Bonchev–Trinajstić information content (AvgIpc) is 2.65. The highest BCUT2D eigenvalue weighted by Gasteiger charge is 2.22. The summed E-state index contributed by atoms with van der Waals surface area (Å²) in [4.78, 5) is 28.4. The highest BCUT2D eigenvalue weighted by Crippen LogP contribution is 2.16. The highest BCUT2D eigenvalue weighted by atomic mass is 16.5. The summed E-state index contributed by atoms with van der Waals surface area (Å²) in [6, 6.07) is 11.6. The van der Waals surface area contributed by atoms with Gasteiger partial charge in [0.05, 0.1) is 5.69 Å². The lowest BCUT2D eigenvalue weighted by Gasteiger charge is -2.36. The van der Waals surface area contributed by atoms with Gasteiger partial charge >= 0.3 is 0 Å². The Morgan fingerprint density at radius 2 is 1.76 bits per heavy atom. The van der Waals surface area contributed by atoms with E-state index in [1.54, 1.807) is 22.6 Å². The van der Waals surface area contributed by atoms with Crippen molar-refractivity contribution in [3.05, 3.63) is 58.5 Å². The fourth-order valence-corrected chi connectivity index (χ4v) is 2.96. The quantitative estimate of drug-likeness (QED) is 0.844. The molecule has 0 saturated carbocycles. The third-order valence-corrected chi connectivity index (χ3v) is 4.62. The minimum Gasteiger partial charge on any atom is -0.478 e. The predicted molar refractivity (Wildman–Crippen MR) is 97.2 cm³/mol. The second-order valence-electron chi connectivity index (χ2n) is 6.20. The number of hydrogen-bond donors (Lipinski definition) is 0. The van der Waals surface area contributed by atoms with Crippen molar-refractivity contribution in [1.82, 2.24) is 9.47 Å². The van der Waals surface area contributed by atoms with Gasteiger partial charge in [0.15, 0.2) is 12.4 Å². The molecule has 0 bridgehead atoms. The molecule has 1 amide bonds. The molecule has 132 valence electrons. The van der Waals surface area contributed by atoms with E-state index in [9.17, 15) is 9.59 Å². The van der Waals surface area contributed by atoms with Gasteiger partial charge in [0, 0.05) is 51.2 Å². The Bertz CT molecular complexity index is 793. The van der Waals surface area contributed by atoms with Crippen LogP contribution >= 0.6 is 0 Å². The first-order valence-electron chi connectivity index (χ1n) is 8.43. The summed E-state index contributed by atoms with van der Waals surface area (Å²) in [6.07, 6.45) is 1.69. The smallest absolute Gasteiger partial charge is 0.260 e. The molecule has 25 heavy (non-hydrogen) atoms. The number of hydrogen-bond acceptors (Lipinski definition) is 4. The Morgan fingerprint density at radius 3 is 2.44 bits per heavy atom. The number of ether oxygens (including phenoxy) is 1. The van der Waals surface area contributed by atoms with Crippen molar-refractivity contribution in [2.75, 3.05) is 37.7 Å². The van der Waals surface area contributed by atoms with Crippen molar-refractivity contribution in [3.8, 4) is 5.75 Å². The SMILES string of the molecule is Cc1c(OCC(=O)N2CCN(c3ccccc3)CC2)c(=O)ccn1C. The maximum absolute atomic E-state index is 12.4. The molecule has 1 aromatic heterocycles. The monoisotopic (exact) mass is 341 g/mol. The minimum absolute atomic E-state index is 0.0852. The fraction of sp³-hybridized carbons (Fsp3) is 0.368. The van der Waals surface area contributed by atoms with Crippen LogP contribution in [0.2, 0.25) is 0 Å². The van der Waals surface area contributed by atoms with Crippen LogP contribution in [0.5, 0.6) is 5.75 Å². The van der Waals surface area contributed by atoms with Gasteiger partial charge < -0.3 is 19.1 Å². The average molecular weight is 341 g/mol. The van der Waals surface area contributed by atoms with Gasteiger partial charge in [0.1, 0.15) is 0 Å². The number of benzene rings is 1. The van der Waals surface area contributed by atoms with Gasteiger partial charge in [0.25, 0.3) is 5.91 Å². The van der Waals surface area contributed by atoms with Crippen molar-refractivity contribution in [1.29, 1.82) is 0 Å². The summed E-state index contributed by atoms with van der Waals surface area (Å²) in [5, 5.41) is 0. The lowest BCUT2D eigenvalue weighted by Crippen LogP contribution is -2.50. The van der Waals surface area contributed by atoms with Crippen molar-refractivity contribution in [3.63, 3.8) is 0 Å². The third kappa shape index (κ3) is 3.84. The highest BCUT2D eigenvalue weighted by molar-refractivity contribution is 5.78. The van der Waals surface area contributed by atoms with E-state index in [-0.39, 0.29) is 23.7 Å². The second kappa shape index (κ2) is 7.42. The van der Waals surface area contributed by atoms with E-state index >= 15 is 0 Å². The second-order valence-corrected chi connectivity index (χ2v) is 6.20. The molecule has 0 radical (unpaired) electrons. The van der Waals surface area contributed by atoms with Gasteiger partial charge in [-0.3, -0.25) is 9.59 Å². The van der Waals surface area contributed by atoms with E-state index in [4.69, 9.17) is 4.74 Å². The number of rotatable bonds is 4. The summed E-state index contributed by atoms with van der Waals surface area (Å²) in [6.45, 7) is 4.60. The van der Waals surface area contributed by atoms with Crippen LogP contribution < -0.4 is 15.1 Å². The molecule has 0 atom stereocenters. The van der Waals surface area contributed by atoms with Gasteiger partial charge in [-0.2, -0.15) is 0 Å². The van der Waals surface area contributed by atoms with Crippen molar-refractivity contribution < 1.29 is 9.53 Å². The molecule has 1 saturated heterocycles. The van der Waals surface area contributed by atoms with E-state index in [1.165, 1.54) is 11.8 Å². The van der Waals surface area contributed by atoms with Crippen molar-refractivity contribution in [2.24, 2.45) is 7.05 Å². The Hall–Kier alpha value is -2.76. The summed E-state index contributed by atoms with van der Waals surface area (Å²) in [5.41, 5.74) is 1.70. The summed E-state index contributed by atoms with van der Waals surface area (Å²) in [7, 11) is 1.84. The zero-order chi connectivity index (χ0) is 17.8. The number of nitrogens with zero attached hydrogens (tertiary/aromatic N) is 3. The number of carbonyl (C=O) groups excluding carboxylic acids is 1. The summed E-state index contributed by atoms with van der Waals surface area (Å²) >= 11 is 0. The zero-order valence-electron chi connectivity index (χ0n) is 14.6. The van der Waals surface area contributed by atoms with Gasteiger partial charge in [-0.15, -0.1) is 0 Å².